The summed E-state index contributed by atoms with van der Waals surface area (Å²) in [6, 6.07) is 12.9. The lowest BCUT2D eigenvalue weighted by atomic mass is 10.3. The number of anilines is 2. The summed E-state index contributed by atoms with van der Waals surface area (Å²) in [4.78, 5) is 10.5. The van der Waals surface area contributed by atoms with Crippen molar-refractivity contribution in [2.75, 3.05) is 10.1 Å². The lowest BCUT2D eigenvalue weighted by Crippen LogP contribution is -2.13. The second-order valence-corrected chi connectivity index (χ2v) is 7.95. The van der Waals surface area contributed by atoms with Crippen molar-refractivity contribution in [3.8, 4) is 0 Å². The Balaban J connectivity index is 1.88. The second-order valence-electron chi connectivity index (χ2n) is 5.83. The molecule has 0 radical (unpaired) electrons. The number of furan rings is 1. The fourth-order valence-corrected chi connectivity index (χ4v) is 3.54. The van der Waals surface area contributed by atoms with Crippen LogP contribution in [0.1, 0.15) is 12.7 Å². The van der Waals surface area contributed by atoms with Gasteiger partial charge in [-0.25, -0.2) is 8.42 Å². The van der Waals surface area contributed by atoms with Gasteiger partial charge in [-0.2, -0.15) is 5.10 Å². The van der Waals surface area contributed by atoms with E-state index in [0.717, 1.165) is 6.07 Å². The van der Waals surface area contributed by atoms with E-state index in [0.29, 0.717) is 16.5 Å². The Bertz CT molecular complexity index is 1160. The molecule has 0 amide bonds. The van der Waals surface area contributed by atoms with Crippen LogP contribution >= 0.6 is 11.6 Å². The molecule has 0 aliphatic carbocycles. The summed E-state index contributed by atoms with van der Waals surface area (Å²) in [7, 11) is -4.04. The number of halogens is 1. The smallest absolute Gasteiger partial charge is 0.295 e. The van der Waals surface area contributed by atoms with Crippen molar-refractivity contribution in [3.05, 3.63) is 81.8 Å². The number of sulfonamides is 1. The third-order valence-electron chi connectivity index (χ3n) is 3.79. The molecule has 0 saturated carbocycles. The van der Waals surface area contributed by atoms with Crippen molar-refractivity contribution in [2.24, 2.45) is 5.10 Å². The van der Waals surface area contributed by atoms with Crippen LogP contribution in [0, 0.1) is 10.1 Å². The molecule has 0 saturated heterocycles. The summed E-state index contributed by atoms with van der Waals surface area (Å²) in [5, 5.41) is 15.9. The summed E-state index contributed by atoms with van der Waals surface area (Å²) in [5.41, 5.74) is 2.90. The van der Waals surface area contributed by atoms with E-state index in [4.69, 9.17) is 16.0 Å². The molecule has 0 spiro atoms. The minimum atomic E-state index is -4.04. The predicted molar refractivity (Wildman–Crippen MR) is 110 cm³/mol. The molecule has 9 nitrogen and oxygen atoms in total. The van der Waals surface area contributed by atoms with Crippen LogP contribution in [0.5, 0.6) is 0 Å². The number of hydrogen-bond donors (Lipinski definition) is 2. The quantitative estimate of drug-likeness (QED) is 0.320. The lowest BCUT2D eigenvalue weighted by molar-refractivity contribution is -0.384. The summed E-state index contributed by atoms with van der Waals surface area (Å²) in [6.07, 6.45) is 1.48. The third kappa shape index (κ3) is 4.92. The molecule has 1 heterocycles. The molecule has 3 rings (SSSR count). The van der Waals surface area contributed by atoms with Crippen LogP contribution in [0.2, 0.25) is 5.02 Å². The van der Waals surface area contributed by atoms with Gasteiger partial charge in [0.2, 0.25) is 0 Å². The van der Waals surface area contributed by atoms with E-state index in [9.17, 15) is 18.5 Å². The van der Waals surface area contributed by atoms with E-state index >= 15 is 0 Å². The average molecular weight is 435 g/mol. The van der Waals surface area contributed by atoms with Crippen molar-refractivity contribution in [1.29, 1.82) is 0 Å². The zero-order chi connectivity index (χ0) is 21.0. The van der Waals surface area contributed by atoms with Gasteiger partial charge in [-0.05, 0) is 55.5 Å². The number of nitro groups is 1. The van der Waals surface area contributed by atoms with Gasteiger partial charge >= 0.3 is 0 Å². The van der Waals surface area contributed by atoms with Crippen LogP contribution in [0.15, 0.2) is 75.3 Å². The van der Waals surface area contributed by atoms with Crippen molar-refractivity contribution < 1.29 is 17.8 Å². The molecule has 29 heavy (non-hydrogen) atoms. The maximum absolute atomic E-state index is 12.6. The molecule has 2 aromatic carbocycles. The molecule has 11 heteroatoms. The van der Waals surface area contributed by atoms with Crippen LogP contribution in [0.3, 0.4) is 0 Å². The molecule has 0 bridgehead atoms. The first-order valence-corrected chi connectivity index (χ1v) is 10.0. The standard InChI is InChI=1S/C18H15ClN4O5S/c1-12(18-3-2-10-28-18)20-21-16-9-8-15(11-17(16)23(24)25)29(26,27)22-14-6-4-13(19)5-7-14/h2-11,21-22H,1H3/b20-12-. The van der Waals surface area contributed by atoms with Crippen LogP contribution < -0.4 is 10.1 Å². The van der Waals surface area contributed by atoms with E-state index in [2.05, 4.69) is 15.2 Å². The van der Waals surface area contributed by atoms with Gasteiger partial charge in [0.15, 0.2) is 0 Å². The van der Waals surface area contributed by atoms with Crippen LogP contribution in [-0.2, 0) is 10.0 Å². The fraction of sp³-hybridized carbons (Fsp3) is 0.0556. The topological polar surface area (TPSA) is 127 Å². The van der Waals surface area contributed by atoms with E-state index in [-0.39, 0.29) is 16.3 Å². The Labute approximate surface area is 171 Å². The summed E-state index contributed by atoms with van der Waals surface area (Å²) < 4.78 is 32.7. The van der Waals surface area contributed by atoms with E-state index in [1.165, 1.54) is 42.7 Å². The molecule has 150 valence electrons. The molecule has 0 atom stereocenters. The molecule has 0 aliphatic rings. The number of hydrogen-bond acceptors (Lipinski definition) is 7. The first-order valence-electron chi connectivity index (χ1n) is 8.17. The average Bonchev–Trinajstić information content (AvgIpc) is 3.22. The van der Waals surface area contributed by atoms with Gasteiger partial charge in [-0.1, -0.05) is 11.6 Å². The van der Waals surface area contributed by atoms with Gasteiger partial charge in [0.25, 0.3) is 15.7 Å². The molecule has 3 aromatic rings. The van der Waals surface area contributed by atoms with E-state index < -0.39 is 20.6 Å². The first kappa shape index (κ1) is 20.4. The molecule has 2 N–H and O–H groups in total. The van der Waals surface area contributed by atoms with E-state index in [1.807, 2.05) is 0 Å². The molecule has 0 fully saturated rings. The zero-order valence-electron chi connectivity index (χ0n) is 15.0. The SMILES string of the molecule is C/C(=N/Nc1ccc(S(=O)(=O)Nc2ccc(Cl)cc2)cc1[N+](=O)[O-])c1ccco1. The number of rotatable bonds is 7. The minimum Gasteiger partial charge on any atom is -0.463 e. The summed E-state index contributed by atoms with van der Waals surface area (Å²) in [6.45, 7) is 1.66. The van der Waals surface area contributed by atoms with Crippen molar-refractivity contribution in [2.45, 2.75) is 11.8 Å². The Morgan fingerprint density at radius 2 is 1.90 bits per heavy atom. The van der Waals surface area contributed by atoms with Crippen molar-refractivity contribution in [3.63, 3.8) is 0 Å². The maximum atomic E-state index is 12.6. The predicted octanol–water partition coefficient (Wildman–Crippen LogP) is 4.48. The van der Waals surface area contributed by atoms with Gasteiger partial charge in [-0.3, -0.25) is 20.3 Å². The number of hydrazone groups is 1. The Morgan fingerprint density at radius 3 is 2.52 bits per heavy atom. The highest BCUT2D eigenvalue weighted by Gasteiger charge is 2.21. The Morgan fingerprint density at radius 1 is 1.17 bits per heavy atom. The number of nitrogens with zero attached hydrogens (tertiary/aromatic N) is 2. The number of nitrogens with one attached hydrogen (secondary N) is 2. The van der Waals surface area contributed by atoms with E-state index in [1.54, 1.807) is 19.1 Å². The number of nitro benzene ring substituents is 1. The molecular formula is C18H15ClN4O5S. The summed E-state index contributed by atoms with van der Waals surface area (Å²) >= 11 is 5.78. The Kier molecular flexibility index (Phi) is 5.85. The van der Waals surface area contributed by atoms with Crippen LogP contribution in [0.4, 0.5) is 17.1 Å². The van der Waals surface area contributed by atoms with Gasteiger partial charge in [-0.15, -0.1) is 0 Å². The largest absolute Gasteiger partial charge is 0.463 e. The highest BCUT2D eigenvalue weighted by atomic mass is 35.5. The molecule has 0 unspecified atom stereocenters. The van der Waals surface area contributed by atoms with Gasteiger partial charge in [0.1, 0.15) is 17.2 Å². The fourth-order valence-electron chi connectivity index (χ4n) is 2.34. The lowest BCUT2D eigenvalue weighted by Gasteiger charge is -2.09. The third-order valence-corrected chi connectivity index (χ3v) is 5.43. The second kappa shape index (κ2) is 8.33. The minimum absolute atomic E-state index is 0.0337. The number of benzene rings is 2. The van der Waals surface area contributed by atoms with Gasteiger partial charge < -0.3 is 4.42 Å². The normalized spacial score (nSPS) is 11.9. The monoisotopic (exact) mass is 434 g/mol. The zero-order valence-corrected chi connectivity index (χ0v) is 16.6. The van der Waals surface area contributed by atoms with Gasteiger partial charge in [0.05, 0.1) is 16.1 Å². The molecular weight excluding hydrogens is 420 g/mol. The maximum Gasteiger partial charge on any atom is 0.295 e. The van der Waals surface area contributed by atoms with Crippen LogP contribution in [0.25, 0.3) is 0 Å². The van der Waals surface area contributed by atoms with Crippen LogP contribution in [-0.4, -0.2) is 19.1 Å². The highest BCUT2D eigenvalue weighted by Crippen LogP contribution is 2.29. The molecule has 0 aliphatic heterocycles. The first-order chi connectivity index (χ1) is 13.8. The molecule has 1 aromatic heterocycles. The van der Waals surface area contributed by atoms with Crippen molar-refractivity contribution in [1.82, 2.24) is 0 Å². The Hall–Kier alpha value is -3.37. The summed E-state index contributed by atoms with van der Waals surface area (Å²) in [5.74, 6) is 0.492. The van der Waals surface area contributed by atoms with Crippen molar-refractivity contribution >= 4 is 44.4 Å². The van der Waals surface area contributed by atoms with Gasteiger partial charge in [0, 0.05) is 16.8 Å². The highest BCUT2D eigenvalue weighted by molar-refractivity contribution is 7.92.